The molecule has 0 radical (unpaired) electrons. The van der Waals surface area contributed by atoms with Gasteiger partial charge in [0.25, 0.3) is 0 Å². The fraction of sp³-hybridized carbons (Fsp3) is 0.722. The predicted molar refractivity (Wildman–Crippen MR) is 110 cm³/mol. The Balaban J connectivity index is 5.43. The average Bonchev–Trinajstić information content (AvgIpc) is 2.67. The highest BCUT2D eigenvalue weighted by atomic mass is 16.4. The first-order valence-electron chi connectivity index (χ1n) is 9.99. The lowest BCUT2D eigenvalue weighted by atomic mass is 10.0. The standard InChI is InChI=1S/C18H33N5O9/c1-8(24)13(22-15(28)10(20)7-12(26)27)17(30)21-11(5-3-4-6-19)16(29)23-14(9(2)25)18(31)32/h8-11,13-14,24-25H,3-7,19-20H2,1-2H3,(H,21,30)(H,22,28)(H,23,29)(H,26,27)(H,31,32). The molecule has 0 aliphatic heterocycles. The minimum Gasteiger partial charge on any atom is -0.481 e. The van der Waals surface area contributed by atoms with Gasteiger partial charge in [0.1, 0.15) is 12.1 Å². The summed E-state index contributed by atoms with van der Waals surface area (Å²) in [5.74, 6) is -5.71. The molecule has 0 fully saturated rings. The number of unbranched alkanes of at least 4 members (excludes halogenated alkanes) is 1. The van der Waals surface area contributed by atoms with Gasteiger partial charge in [0.15, 0.2) is 6.04 Å². The third-order valence-corrected chi connectivity index (χ3v) is 4.42. The van der Waals surface area contributed by atoms with E-state index in [1.807, 2.05) is 0 Å². The van der Waals surface area contributed by atoms with Crippen molar-refractivity contribution in [3.63, 3.8) is 0 Å². The van der Waals surface area contributed by atoms with Gasteiger partial charge in [0, 0.05) is 0 Å². The molecule has 0 aromatic heterocycles. The van der Waals surface area contributed by atoms with Gasteiger partial charge in [-0.25, -0.2) is 4.79 Å². The number of nitrogens with one attached hydrogen (secondary N) is 3. The second-order valence-electron chi connectivity index (χ2n) is 7.34. The molecule has 3 amide bonds. The van der Waals surface area contributed by atoms with Gasteiger partial charge in [-0.15, -0.1) is 0 Å². The molecule has 0 heterocycles. The number of hydrogen-bond acceptors (Lipinski definition) is 9. The van der Waals surface area contributed by atoms with E-state index in [2.05, 4.69) is 16.0 Å². The number of nitrogens with two attached hydrogens (primary N) is 2. The summed E-state index contributed by atoms with van der Waals surface area (Å²) in [7, 11) is 0. The number of carboxylic acids is 2. The lowest BCUT2D eigenvalue weighted by molar-refractivity contribution is -0.145. The van der Waals surface area contributed by atoms with Crippen molar-refractivity contribution in [3.05, 3.63) is 0 Å². The quantitative estimate of drug-likeness (QED) is 0.106. The SMILES string of the molecule is CC(O)C(NC(=O)C(CCCCN)NC(=O)C(NC(=O)C(N)CC(=O)O)C(C)O)C(=O)O. The Morgan fingerprint density at radius 1 is 0.812 bits per heavy atom. The minimum atomic E-state index is -1.63. The van der Waals surface area contributed by atoms with E-state index in [-0.39, 0.29) is 6.42 Å². The maximum Gasteiger partial charge on any atom is 0.328 e. The van der Waals surface area contributed by atoms with E-state index in [1.54, 1.807) is 0 Å². The van der Waals surface area contributed by atoms with Crippen LogP contribution >= 0.6 is 0 Å². The van der Waals surface area contributed by atoms with Crippen molar-refractivity contribution in [3.8, 4) is 0 Å². The molecule has 14 heteroatoms. The lowest BCUT2D eigenvalue weighted by Crippen LogP contribution is -2.60. The van der Waals surface area contributed by atoms with Gasteiger partial charge in [-0.2, -0.15) is 0 Å². The Kier molecular flexibility index (Phi) is 13.0. The smallest absolute Gasteiger partial charge is 0.328 e. The van der Waals surface area contributed by atoms with E-state index in [0.29, 0.717) is 19.4 Å². The number of hydrogen-bond donors (Lipinski definition) is 9. The summed E-state index contributed by atoms with van der Waals surface area (Å²) in [6, 6.07) is -5.94. The summed E-state index contributed by atoms with van der Waals surface area (Å²) in [5.41, 5.74) is 10.9. The first-order valence-corrected chi connectivity index (χ1v) is 9.99. The molecule has 14 nitrogen and oxygen atoms in total. The minimum absolute atomic E-state index is 0.0555. The summed E-state index contributed by atoms with van der Waals surface area (Å²) in [5, 5.41) is 43.9. The van der Waals surface area contributed by atoms with Gasteiger partial charge >= 0.3 is 11.9 Å². The number of aliphatic carboxylic acids is 2. The van der Waals surface area contributed by atoms with Crippen LogP contribution in [-0.2, 0) is 24.0 Å². The van der Waals surface area contributed by atoms with Gasteiger partial charge in [0.05, 0.1) is 24.7 Å². The molecule has 0 aliphatic rings. The Bertz CT molecular complexity index is 671. The Morgan fingerprint density at radius 3 is 1.78 bits per heavy atom. The molecule has 0 aliphatic carbocycles. The van der Waals surface area contributed by atoms with Crippen LogP contribution in [0.15, 0.2) is 0 Å². The fourth-order valence-electron chi connectivity index (χ4n) is 2.61. The largest absolute Gasteiger partial charge is 0.481 e. The maximum absolute atomic E-state index is 12.7. The first-order chi connectivity index (χ1) is 14.8. The lowest BCUT2D eigenvalue weighted by Gasteiger charge is -2.26. The maximum atomic E-state index is 12.7. The molecular formula is C18H33N5O9. The third-order valence-electron chi connectivity index (χ3n) is 4.42. The monoisotopic (exact) mass is 463 g/mol. The second-order valence-corrected chi connectivity index (χ2v) is 7.34. The van der Waals surface area contributed by atoms with E-state index in [9.17, 15) is 34.2 Å². The Labute approximate surface area is 184 Å². The highest BCUT2D eigenvalue weighted by molar-refractivity contribution is 5.95. The molecule has 0 aromatic rings. The fourth-order valence-corrected chi connectivity index (χ4v) is 2.61. The molecule has 184 valence electrons. The molecular weight excluding hydrogens is 430 g/mol. The van der Waals surface area contributed by atoms with Crippen LogP contribution in [0.1, 0.15) is 39.5 Å². The molecule has 0 saturated heterocycles. The van der Waals surface area contributed by atoms with Crippen molar-refractivity contribution < 1.29 is 44.4 Å². The van der Waals surface area contributed by atoms with Crippen LogP contribution in [0.3, 0.4) is 0 Å². The molecule has 11 N–H and O–H groups in total. The first kappa shape index (κ1) is 29.2. The van der Waals surface area contributed by atoms with E-state index >= 15 is 0 Å². The van der Waals surface area contributed by atoms with Crippen molar-refractivity contribution in [1.29, 1.82) is 0 Å². The van der Waals surface area contributed by atoms with Crippen LogP contribution in [0.4, 0.5) is 0 Å². The van der Waals surface area contributed by atoms with Gasteiger partial charge in [-0.3, -0.25) is 19.2 Å². The molecule has 32 heavy (non-hydrogen) atoms. The number of aliphatic hydroxyl groups is 2. The highest BCUT2D eigenvalue weighted by Crippen LogP contribution is 2.05. The zero-order chi connectivity index (χ0) is 25.0. The molecule has 0 aromatic carbocycles. The predicted octanol–water partition coefficient (Wildman–Crippen LogP) is -3.78. The second kappa shape index (κ2) is 14.3. The number of amides is 3. The molecule has 0 bridgehead atoms. The number of aliphatic hydroxyl groups excluding tert-OH is 2. The number of rotatable bonds is 15. The molecule has 0 spiro atoms. The molecule has 6 atom stereocenters. The van der Waals surface area contributed by atoms with Gasteiger partial charge in [-0.05, 0) is 39.7 Å². The van der Waals surface area contributed by atoms with E-state index in [0.717, 1.165) is 0 Å². The zero-order valence-corrected chi connectivity index (χ0v) is 18.0. The normalized spacial score (nSPS) is 16.6. The average molecular weight is 463 g/mol. The number of carbonyl (C=O) groups excluding carboxylic acids is 3. The molecule has 6 unspecified atom stereocenters. The van der Waals surface area contributed by atoms with Crippen LogP contribution in [0.2, 0.25) is 0 Å². The summed E-state index contributed by atoms with van der Waals surface area (Å²) >= 11 is 0. The van der Waals surface area contributed by atoms with Crippen molar-refractivity contribution in [2.24, 2.45) is 11.5 Å². The number of carbonyl (C=O) groups is 5. The summed E-state index contributed by atoms with van der Waals surface area (Å²) in [6.45, 7) is 2.66. The van der Waals surface area contributed by atoms with E-state index in [1.165, 1.54) is 13.8 Å². The van der Waals surface area contributed by atoms with E-state index < -0.39 is 72.5 Å². The van der Waals surface area contributed by atoms with Crippen molar-refractivity contribution in [1.82, 2.24) is 16.0 Å². The van der Waals surface area contributed by atoms with Crippen LogP contribution in [-0.4, -0.2) is 93.0 Å². The van der Waals surface area contributed by atoms with Gasteiger partial charge in [-0.1, -0.05) is 0 Å². The van der Waals surface area contributed by atoms with Crippen molar-refractivity contribution in [2.75, 3.05) is 6.54 Å². The van der Waals surface area contributed by atoms with Crippen LogP contribution < -0.4 is 27.4 Å². The number of carboxylic acid groups (broad SMARTS) is 2. The summed E-state index contributed by atoms with van der Waals surface area (Å²) < 4.78 is 0. The van der Waals surface area contributed by atoms with Gasteiger partial charge in [0.2, 0.25) is 17.7 Å². The highest BCUT2D eigenvalue weighted by Gasteiger charge is 2.33. The van der Waals surface area contributed by atoms with Crippen molar-refractivity contribution in [2.45, 2.75) is 75.9 Å². The Morgan fingerprint density at radius 2 is 1.34 bits per heavy atom. The third kappa shape index (κ3) is 10.5. The van der Waals surface area contributed by atoms with Crippen LogP contribution in [0, 0.1) is 0 Å². The van der Waals surface area contributed by atoms with Crippen molar-refractivity contribution >= 4 is 29.7 Å². The van der Waals surface area contributed by atoms with Gasteiger partial charge < -0.3 is 47.8 Å². The summed E-state index contributed by atoms with van der Waals surface area (Å²) in [6.07, 6.45) is -2.62. The Hall–Kier alpha value is -2.81. The summed E-state index contributed by atoms with van der Waals surface area (Å²) in [4.78, 5) is 59.2. The molecule has 0 rings (SSSR count). The van der Waals surface area contributed by atoms with Crippen LogP contribution in [0.25, 0.3) is 0 Å². The zero-order valence-electron chi connectivity index (χ0n) is 18.0. The van der Waals surface area contributed by atoms with Crippen LogP contribution in [0.5, 0.6) is 0 Å². The topological polar surface area (TPSA) is 254 Å². The molecule has 0 saturated carbocycles. The van der Waals surface area contributed by atoms with E-state index in [4.69, 9.17) is 21.7 Å².